The molecule has 0 aromatic carbocycles. The molecule has 0 spiro atoms. The molecule has 24 nitrogen and oxygen atoms in total. The molecule has 3 fully saturated rings. The van der Waals surface area contributed by atoms with E-state index in [1.165, 1.54) is 17.2 Å². The Labute approximate surface area is 258 Å². The van der Waals surface area contributed by atoms with Gasteiger partial charge in [0.05, 0.1) is 25.9 Å². The van der Waals surface area contributed by atoms with Crippen LogP contribution in [-0.2, 0) is 36.7 Å². The van der Waals surface area contributed by atoms with Crippen molar-refractivity contribution in [1.82, 2.24) is 48.7 Å². The normalized spacial score (nSPS) is 36.8. The van der Waals surface area contributed by atoms with E-state index in [1.54, 1.807) is 0 Å². The van der Waals surface area contributed by atoms with Crippen molar-refractivity contribution < 1.29 is 56.7 Å². The first kappa shape index (κ1) is 30.6. The second kappa shape index (κ2) is 10.9. The van der Waals surface area contributed by atoms with Gasteiger partial charge in [0.1, 0.15) is 54.8 Å². The van der Waals surface area contributed by atoms with Gasteiger partial charge in [-0.15, -0.1) is 0 Å². The average Bonchev–Trinajstić information content (AvgIpc) is 3.85. The van der Waals surface area contributed by atoms with E-state index in [0.717, 1.165) is 21.7 Å². The van der Waals surface area contributed by atoms with Gasteiger partial charge in [-0.25, -0.2) is 34.0 Å². The zero-order chi connectivity index (χ0) is 32.8. The number of imidazole rings is 2. The van der Waals surface area contributed by atoms with Gasteiger partial charge in [-0.3, -0.25) is 37.1 Å². The minimum absolute atomic E-state index is 0.0224. The molecule has 2 unspecified atom stereocenters. The van der Waals surface area contributed by atoms with Crippen molar-refractivity contribution in [3.63, 3.8) is 0 Å². The molecule has 0 aliphatic carbocycles. The summed E-state index contributed by atoms with van der Waals surface area (Å²) >= 11 is 0. The van der Waals surface area contributed by atoms with Crippen LogP contribution in [0.4, 0.5) is 5.82 Å². The highest BCUT2D eigenvalue weighted by molar-refractivity contribution is 7.47. The number of phosphoric acid groups is 2. The smallest absolute Gasteiger partial charge is 0.387 e. The molecule has 7 N–H and O–H groups in total. The Balaban J connectivity index is 1.12. The van der Waals surface area contributed by atoms with Crippen molar-refractivity contribution in [2.24, 2.45) is 0 Å². The number of aromatic nitrogens is 10. The number of ether oxygens (including phenoxy) is 2. The number of anilines is 1. The van der Waals surface area contributed by atoms with Crippen molar-refractivity contribution in [1.29, 1.82) is 0 Å². The number of nitrogens with two attached hydrogens (primary N) is 1. The fourth-order valence-electron chi connectivity index (χ4n) is 5.66. The summed E-state index contributed by atoms with van der Waals surface area (Å²) in [6.07, 6.45) is -7.94. The largest absolute Gasteiger partial charge is 0.472 e. The molecule has 0 saturated carbocycles. The molecule has 47 heavy (non-hydrogen) atoms. The number of nitrogens with zero attached hydrogens (tertiary/aromatic N) is 9. The Morgan fingerprint density at radius 2 is 1.49 bits per heavy atom. The summed E-state index contributed by atoms with van der Waals surface area (Å²) in [6, 6.07) is 0. The maximum absolute atomic E-state index is 13.2. The molecule has 2 bridgehead atoms. The second-order valence-electron chi connectivity index (χ2n) is 10.6. The molecule has 0 amide bonds. The van der Waals surface area contributed by atoms with Crippen molar-refractivity contribution in [2.75, 3.05) is 18.9 Å². The number of nitrogen functional groups attached to an aromatic ring is 1. The van der Waals surface area contributed by atoms with Gasteiger partial charge in [0.2, 0.25) is 0 Å². The Hall–Kier alpha value is -3.77. The summed E-state index contributed by atoms with van der Waals surface area (Å²) in [4.78, 5) is 58.5. The lowest BCUT2D eigenvalue weighted by molar-refractivity contribution is -0.0672. The van der Waals surface area contributed by atoms with E-state index < -0.39 is 83.5 Å². The lowest BCUT2D eigenvalue weighted by Gasteiger charge is -2.25. The molecule has 3 saturated heterocycles. The van der Waals surface area contributed by atoms with Crippen LogP contribution in [0.25, 0.3) is 28.1 Å². The SMILES string of the molecule is Nc1ncnc2c1ncn2[C@@H]1O[C@@H]2COP(=O)(O)O[C@H]3[C@@H](O)[C@H](n4cnc5c(=O)n6[nH]cnc6nc54)O[C@@H]3COP(=O)(O)O[C@@H]1[C@@H]2O. The third-order valence-electron chi connectivity index (χ3n) is 7.82. The molecule has 26 heteroatoms. The number of H-pyrrole nitrogens is 1. The highest BCUT2D eigenvalue weighted by Gasteiger charge is 2.54. The zero-order valence-electron chi connectivity index (χ0n) is 23.3. The van der Waals surface area contributed by atoms with Crippen LogP contribution < -0.4 is 11.3 Å². The monoisotopic (exact) mass is 699 g/mol. The number of hydrogen-bond donors (Lipinski definition) is 6. The zero-order valence-corrected chi connectivity index (χ0v) is 25.1. The first-order valence-electron chi connectivity index (χ1n) is 13.6. The maximum atomic E-state index is 13.2. The van der Waals surface area contributed by atoms with Gasteiger partial charge >= 0.3 is 21.2 Å². The quantitative estimate of drug-likeness (QED) is 0.106. The standard InChI is InChI=1S/C21H23N11O13P2/c22-15-9-16(24-3-23-15)30(5-26-9)20-14-11(33)7(42-20)1-40-46(36,37)44-13-8(2-41-47(38,39)45-14)43-19(12(13)34)31-6-27-10-17(31)29-21-25-4-28-32(21)18(10)35/h3-8,11-14,19-20,33-34H,1-2H2,(H,36,37)(H,38,39)(H2,22,23,24)(H,25,28,29)/t7-,8-,11-,12-,13-,14-,19-,20-/m1/s1. The van der Waals surface area contributed by atoms with Crippen molar-refractivity contribution >= 4 is 49.6 Å². The molecule has 3 aliphatic rings. The third-order valence-corrected chi connectivity index (χ3v) is 9.79. The van der Waals surface area contributed by atoms with Crippen LogP contribution in [0, 0.1) is 0 Å². The molecule has 0 radical (unpaired) electrons. The number of rotatable bonds is 2. The molecule has 10 atom stereocenters. The maximum Gasteiger partial charge on any atom is 0.472 e. The van der Waals surface area contributed by atoms with E-state index in [0.29, 0.717) is 0 Å². The van der Waals surface area contributed by atoms with Crippen molar-refractivity contribution in [3.8, 4) is 0 Å². The lowest BCUT2D eigenvalue weighted by Crippen LogP contribution is -2.36. The van der Waals surface area contributed by atoms with Gasteiger partial charge in [-0.05, 0) is 0 Å². The number of fused-ring (bicyclic) bond motifs is 6. The molecular formula is C21H23N11O13P2. The van der Waals surface area contributed by atoms with Gasteiger partial charge in [0.25, 0.3) is 5.78 Å². The van der Waals surface area contributed by atoms with E-state index >= 15 is 0 Å². The van der Waals surface area contributed by atoms with Crippen LogP contribution in [0.5, 0.6) is 0 Å². The lowest BCUT2D eigenvalue weighted by atomic mass is 10.1. The summed E-state index contributed by atoms with van der Waals surface area (Å²) in [6.45, 7) is -1.64. The predicted octanol–water partition coefficient (Wildman–Crippen LogP) is -2.28. The summed E-state index contributed by atoms with van der Waals surface area (Å²) in [7, 11) is -10.2. The van der Waals surface area contributed by atoms with Crippen LogP contribution in [-0.4, -0.2) is 118 Å². The highest BCUT2D eigenvalue weighted by atomic mass is 31.2. The van der Waals surface area contributed by atoms with E-state index in [1.807, 2.05) is 0 Å². The Bertz CT molecular complexity index is 2170. The van der Waals surface area contributed by atoms with Gasteiger partial charge in [0.15, 0.2) is 35.1 Å². The molecule has 5 aromatic rings. The first-order valence-corrected chi connectivity index (χ1v) is 16.6. The fourth-order valence-corrected chi connectivity index (χ4v) is 7.56. The van der Waals surface area contributed by atoms with E-state index in [2.05, 4.69) is 35.0 Å². The number of aliphatic hydroxyl groups is 2. The van der Waals surface area contributed by atoms with Crippen LogP contribution in [0.15, 0.2) is 30.1 Å². The van der Waals surface area contributed by atoms with Crippen LogP contribution in [0.2, 0.25) is 0 Å². The molecule has 8 heterocycles. The molecule has 5 aromatic heterocycles. The number of hydrogen-bond acceptors (Lipinski definition) is 18. The minimum atomic E-state index is -5.10. The van der Waals surface area contributed by atoms with Gasteiger partial charge in [0, 0.05) is 0 Å². The summed E-state index contributed by atoms with van der Waals surface area (Å²) in [5.74, 6) is -0.00312. The molecule has 8 rings (SSSR count). The fraction of sp³-hybridized carbons (Fsp3) is 0.476. The number of phosphoric ester groups is 2. The summed E-state index contributed by atoms with van der Waals surface area (Å²) in [5, 5.41) is 24.9. The van der Waals surface area contributed by atoms with Crippen LogP contribution in [0.3, 0.4) is 0 Å². The minimum Gasteiger partial charge on any atom is -0.387 e. The summed E-state index contributed by atoms with van der Waals surface area (Å²) < 4.78 is 62.5. The average molecular weight is 699 g/mol. The highest BCUT2D eigenvalue weighted by Crippen LogP contribution is 2.53. The van der Waals surface area contributed by atoms with E-state index in [4.69, 9.17) is 33.3 Å². The molecule has 250 valence electrons. The topological polar surface area (TPSA) is 321 Å². The van der Waals surface area contributed by atoms with Crippen LogP contribution in [0.1, 0.15) is 12.5 Å². The Kier molecular flexibility index (Phi) is 7.07. The number of aliphatic hydroxyl groups excluding tert-OH is 2. The second-order valence-corrected chi connectivity index (χ2v) is 13.4. The van der Waals surface area contributed by atoms with Crippen molar-refractivity contribution in [2.45, 2.75) is 49.1 Å². The van der Waals surface area contributed by atoms with E-state index in [9.17, 15) is 33.9 Å². The predicted molar refractivity (Wildman–Crippen MR) is 148 cm³/mol. The third kappa shape index (κ3) is 5.06. The van der Waals surface area contributed by atoms with Gasteiger partial charge < -0.3 is 35.2 Å². The van der Waals surface area contributed by atoms with Gasteiger partial charge in [-0.2, -0.15) is 9.50 Å². The van der Waals surface area contributed by atoms with E-state index in [-0.39, 0.29) is 33.9 Å². The van der Waals surface area contributed by atoms with Gasteiger partial charge in [-0.1, -0.05) is 0 Å². The Morgan fingerprint density at radius 1 is 0.830 bits per heavy atom. The number of nitrogens with one attached hydrogen (secondary N) is 1. The Morgan fingerprint density at radius 3 is 2.26 bits per heavy atom. The first-order chi connectivity index (χ1) is 22.4. The molecule has 3 aliphatic heterocycles. The number of aromatic amines is 1. The van der Waals surface area contributed by atoms with Crippen LogP contribution >= 0.6 is 15.6 Å². The van der Waals surface area contributed by atoms with Crippen molar-refractivity contribution in [3.05, 3.63) is 35.7 Å². The summed E-state index contributed by atoms with van der Waals surface area (Å²) in [5.41, 5.74) is 5.33. The molecular weight excluding hydrogens is 676 g/mol.